The van der Waals surface area contributed by atoms with Gasteiger partial charge in [-0.25, -0.2) is 4.90 Å². The molecule has 0 bridgehead atoms. The Kier molecular flexibility index (Phi) is 5.12. The number of rotatable bonds is 3. The van der Waals surface area contributed by atoms with E-state index in [4.69, 9.17) is 21.1 Å². The number of carbonyl (C=O) groups is 3. The number of aromatic nitrogens is 1. The van der Waals surface area contributed by atoms with Crippen molar-refractivity contribution in [3.05, 3.63) is 82.5 Å². The van der Waals surface area contributed by atoms with Gasteiger partial charge in [0.05, 0.1) is 17.5 Å². The fourth-order valence-electron chi connectivity index (χ4n) is 7.17. The van der Waals surface area contributed by atoms with E-state index >= 15 is 0 Å². The number of fused-ring (bicyclic) bond motifs is 6. The number of hydrogen-bond donors (Lipinski definition) is 3. The predicted octanol–water partition coefficient (Wildman–Crippen LogP) is 4.07. The molecule has 2 saturated heterocycles. The van der Waals surface area contributed by atoms with E-state index in [1.54, 1.807) is 30.3 Å². The van der Waals surface area contributed by atoms with Crippen LogP contribution in [-0.2, 0) is 26.3 Å². The molecule has 1 spiro atoms. The molecule has 1 aromatic heterocycles. The SMILES string of the molecule is Cc1cc(Cl)cc2c1NC(=O)[C@@]21N[C@H](Cc2c[nH]c3ccccc23)[C@H]2C(=O)N(c3ccc4c(c3)OCCO4)C(=O)[C@@H]21. The highest BCUT2D eigenvalue weighted by Crippen LogP contribution is 2.55. The number of para-hydroxylation sites is 1. The second kappa shape index (κ2) is 8.58. The molecule has 10 heteroatoms. The molecule has 0 radical (unpaired) electrons. The Bertz CT molecular complexity index is 1820. The van der Waals surface area contributed by atoms with Crippen LogP contribution in [0, 0.1) is 18.8 Å². The smallest absolute Gasteiger partial charge is 0.250 e. The van der Waals surface area contributed by atoms with Gasteiger partial charge in [-0.1, -0.05) is 29.8 Å². The van der Waals surface area contributed by atoms with Gasteiger partial charge in [0.25, 0.3) is 0 Å². The molecule has 4 aromatic rings. The third-order valence-electron chi connectivity index (χ3n) is 8.88. The second-order valence-corrected chi connectivity index (χ2v) is 11.5. The average molecular weight is 569 g/mol. The lowest BCUT2D eigenvalue weighted by Gasteiger charge is -2.30. The molecule has 206 valence electrons. The predicted molar refractivity (Wildman–Crippen MR) is 152 cm³/mol. The third kappa shape index (κ3) is 3.30. The molecule has 2 fully saturated rings. The van der Waals surface area contributed by atoms with Crippen molar-refractivity contribution in [1.29, 1.82) is 0 Å². The Hall–Kier alpha value is -4.34. The summed E-state index contributed by atoms with van der Waals surface area (Å²) >= 11 is 6.50. The lowest BCUT2D eigenvalue weighted by Crippen LogP contribution is -2.53. The molecule has 3 amide bonds. The zero-order valence-electron chi connectivity index (χ0n) is 22.0. The fourth-order valence-corrected chi connectivity index (χ4v) is 7.44. The maximum Gasteiger partial charge on any atom is 0.250 e. The number of hydrogen-bond acceptors (Lipinski definition) is 6. The first-order chi connectivity index (χ1) is 19.9. The van der Waals surface area contributed by atoms with Crippen LogP contribution in [0.15, 0.2) is 60.8 Å². The number of ether oxygens (including phenoxy) is 2. The van der Waals surface area contributed by atoms with Crippen molar-refractivity contribution in [3.8, 4) is 11.5 Å². The molecular weight excluding hydrogens is 544 g/mol. The standard InChI is InChI=1S/C31H25ClN4O5/c1-15-10-17(32)12-20-27(15)34-30(39)31(20)26-25(22(35-31)11-16-14-33-21-5-3-2-4-19(16)21)28(37)36(29(26)38)18-6-7-23-24(13-18)41-9-8-40-23/h2-7,10,12-14,22,25-26,33,35H,8-9,11H2,1H3,(H,34,39)/t22-,25-,26-,31-/m1/s1. The first kappa shape index (κ1) is 24.5. The molecule has 4 aliphatic heterocycles. The molecule has 5 heterocycles. The van der Waals surface area contributed by atoms with Gasteiger partial charge in [0.1, 0.15) is 18.8 Å². The summed E-state index contributed by atoms with van der Waals surface area (Å²) < 4.78 is 11.4. The quantitative estimate of drug-likeness (QED) is 0.321. The lowest BCUT2D eigenvalue weighted by atomic mass is 9.76. The van der Waals surface area contributed by atoms with Crippen LogP contribution in [0.3, 0.4) is 0 Å². The van der Waals surface area contributed by atoms with Crippen molar-refractivity contribution in [1.82, 2.24) is 10.3 Å². The van der Waals surface area contributed by atoms with Crippen LogP contribution < -0.4 is 25.0 Å². The molecule has 3 N–H and O–H groups in total. The van der Waals surface area contributed by atoms with Crippen LogP contribution in [0.5, 0.6) is 11.5 Å². The van der Waals surface area contributed by atoms with Crippen molar-refractivity contribution in [2.45, 2.75) is 24.9 Å². The Balaban J connectivity index is 1.28. The van der Waals surface area contributed by atoms with E-state index in [1.165, 1.54) is 4.90 Å². The van der Waals surface area contributed by atoms with Gasteiger partial charge >= 0.3 is 0 Å². The molecule has 0 aliphatic carbocycles. The number of amides is 3. The monoisotopic (exact) mass is 568 g/mol. The molecule has 0 saturated carbocycles. The Labute approximate surface area is 239 Å². The molecule has 4 aliphatic rings. The Morgan fingerprint density at radius 3 is 2.66 bits per heavy atom. The number of benzene rings is 3. The van der Waals surface area contributed by atoms with Crippen molar-refractivity contribution < 1.29 is 23.9 Å². The first-order valence-electron chi connectivity index (χ1n) is 13.6. The Morgan fingerprint density at radius 2 is 1.80 bits per heavy atom. The molecule has 3 aromatic carbocycles. The zero-order chi connectivity index (χ0) is 28.0. The maximum absolute atomic E-state index is 14.4. The number of anilines is 2. The van der Waals surface area contributed by atoms with Crippen LogP contribution in [0.2, 0.25) is 5.02 Å². The van der Waals surface area contributed by atoms with E-state index in [9.17, 15) is 14.4 Å². The van der Waals surface area contributed by atoms with Crippen molar-refractivity contribution in [2.24, 2.45) is 11.8 Å². The van der Waals surface area contributed by atoms with Crippen molar-refractivity contribution in [3.63, 3.8) is 0 Å². The summed E-state index contributed by atoms with van der Waals surface area (Å²) in [5.74, 6) is -1.89. The largest absolute Gasteiger partial charge is 0.486 e. The average Bonchev–Trinajstić information content (AvgIpc) is 3.68. The number of nitrogens with zero attached hydrogens (tertiary/aromatic N) is 1. The molecule has 41 heavy (non-hydrogen) atoms. The van der Waals surface area contributed by atoms with Crippen molar-refractivity contribution >= 4 is 51.6 Å². The van der Waals surface area contributed by atoms with E-state index in [2.05, 4.69) is 15.6 Å². The third-order valence-corrected chi connectivity index (χ3v) is 9.10. The van der Waals surface area contributed by atoms with Crippen LogP contribution in [0.1, 0.15) is 16.7 Å². The number of nitrogens with one attached hydrogen (secondary N) is 3. The molecular formula is C31H25ClN4O5. The topological polar surface area (TPSA) is 113 Å². The van der Waals surface area contributed by atoms with E-state index in [0.717, 1.165) is 22.0 Å². The number of carbonyl (C=O) groups excluding carboxylic acids is 3. The highest BCUT2D eigenvalue weighted by Gasteiger charge is 2.70. The minimum atomic E-state index is -1.46. The van der Waals surface area contributed by atoms with Crippen LogP contribution in [-0.4, -0.2) is 42.0 Å². The number of H-pyrrole nitrogens is 1. The van der Waals surface area contributed by atoms with Gasteiger partial charge in [-0.05, 0) is 54.8 Å². The fraction of sp³-hybridized carbons (Fsp3) is 0.258. The van der Waals surface area contributed by atoms with E-state index in [-0.39, 0.29) is 11.8 Å². The van der Waals surface area contributed by atoms with Gasteiger partial charge in [0.15, 0.2) is 11.5 Å². The molecule has 0 unspecified atom stereocenters. The number of aryl methyl sites for hydroxylation is 1. The molecule has 4 atom stereocenters. The van der Waals surface area contributed by atoms with Crippen LogP contribution in [0.4, 0.5) is 11.4 Å². The summed E-state index contributed by atoms with van der Waals surface area (Å²) in [5, 5.41) is 8.00. The highest BCUT2D eigenvalue weighted by molar-refractivity contribution is 6.31. The molecule has 8 rings (SSSR count). The summed E-state index contributed by atoms with van der Waals surface area (Å²) in [5.41, 5.74) is 2.90. The van der Waals surface area contributed by atoms with Gasteiger partial charge in [0.2, 0.25) is 17.7 Å². The van der Waals surface area contributed by atoms with Crippen LogP contribution in [0.25, 0.3) is 10.9 Å². The number of aromatic amines is 1. The summed E-state index contributed by atoms with van der Waals surface area (Å²) in [7, 11) is 0. The van der Waals surface area contributed by atoms with Crippen LogP contribution >= 0.6 is 11.6 Å². The highest BCUT2D eigenvalue weighted by atomic mass is 35.5. The normalized spacial score (nSPS) is 26.1. The van der Waals surface area contributed by atoms with Gasteiger partial charge in [-0.3, -0.25) is 19.7 Å². The van der Waals surface area contributed by atoms with Gasteiger partial charge in [-0.15, -0.1) is 0 Å². The second-order valence-electron chi connectivity index (χ2n) is 11.1. The van der Waals surface area contributed by atoms with Crippen molar-refractivity contribution in [2.75, 3.05) is 23.4 Å². The number of halogens is 1. The van der Waals surface area contributed by atoms with E-state index < -0.39 is 29.3 Å². The lowest BCUT2D eigenvalue weighted by molar-refractivity contribution is -0.130. The minimum Gasteiger partial charge on any atom is -0.486 e. The zero-order valence-corrected chi connectivity index (χ0v) is 22.7. The summed E-state index contributed by atoms with van der Waals surface area (Å²) in [6.45, 7) is 2.67. The number of imide groups is 1. The minimum absolute atomic E-state index is 0.356. The van der Waals surface area contributed by atoms with Gasteiger partial charge in [0, 0.05) is 45.5 Å². The van der Waals surface area contributed by atoms with E-state index in [0.29, 0.717) is 53.1 Å². The van der Waals surface area contributed by atoms with Gasteiger partial charge in [-0.2, -0.15) is 0 Å². The summed E-state index contributed by atoms with van der Waals surface area (Å²) in [4.78, 5) is 47.1. The van der Waals surface area contributed by atoms with E-state index in [1.807, 2.05) is 37.4 Å². The van der Waals surface area contributed by atoms with Gasteiger partial charge < -0.3 is 19.8 Å². The molecule has 9 nitrogen and oxygen atoms in total. The Morgan fingerprint density at radius 1 is 1.00 bits per heavy atom. The first-order valence-corrected chi connectivity index (χ1v) is 14.0. The summed E-state index contributed by atoms with van der Waals surface area (Å²) in [6, 6.07) is 16.0. The maximum atomic E-state index is 14.4. The summed E-state index contributed by atoms with van der Waals surface area (Å²) in [6.07, 6.45) is 2.36.